The molecule has 0 aliphatic heterocycles. The Morgan fingerprint density at radius 1 is 1.23 bits per heavy atom. The largest absolute Gasteiger partial charge is 0.492 e. The van der Waals surface area contributed by atoms with Crippen LogP contribution in [-0.4, -0.2) is 28.2 Å². The number of para-hydroxylation sites is 1. The smallest absolute Gasteiger partial charge is 0.232 e. The van der Waals surface area contributed by atoms with Crippen molar-refractivity contribution >= 4 is 27.8 Å². The maximum atomic E-state index is 9.76. The van der Waals surface area contributed by atoms with Gasteiger partial charge in [-0.3, -0.25) is 0 Å². The highest BCUT2D eigenvalue weighted by atomic mass is 32.1. The summed E-state index contributed by atoms with van der Waals surface area (Å²) >= 11 is 2.94. The average Bonchev–Trinajstić information content (AvgIpc) is 3.11. The molecule has 0 spiro atoms. The first kappa shape index (κ1) is 14.8. The van der Waals surface area contributed by atoms with Gasteiger partial charge in [-0.25, -0.2) is 9.97 Å². The lowest BCUT2D eigenvalue weighted by Crippen LogP contribution is -2.11. The van der Waals surface area contributed by atoms with Gasteiger partial charge in [-0.05, 0) is 19.1 Å². The summed E-state index contributed by atoms with van der Waals surface area (Å²) < 4.78 is 5.61. The first-order valence-corrected chi connectivity index (χ1v) is 8.46. The maximum Gasteiger partial charge on any atom is 0.232 e. The van der Waals surface area contributed by atoms with Gasteiger partial charge in [0.25, 0.3) is 0 Å². The highest BCUT2D eigenvalue weighted by Crippen LogP contribution is 2.35. The molecule has 0 saturated heterocycles. The summed E-state index contributed by atoms with van der Waals surface area (Å²) in [6.07, 6.45) is 0. The number of benzene rings is 1. The van der Waals surface area contributed by atoms with E-state index in [9.17, 15) is 5.11 Å². The van der Waals surface area contributed by atoms with E-state index in [4.69, 9.17) is 4.74 Å². The molecule has 3 aromatic rings. The molecule has 0 unspecified atom stereocenters. The van der Waals surface area contributed by atoms with E-state index in [0.29, 0.717) is 18.0 Å². The number of rotatable bonds is 6. The van der Waals surface area contributed by atoms with E-state index >= 15 is 0 Å². The Morgan fingerprint density at radius 2 is 2.05 bits per heavy atom. The number of nitrogens with one attached hydrogen (secondary N) is 1. The second kappa shape index (κ2) is 6.76. The summed E-state index contributed by atoms with van der Waals surface area (Å²) in [7, 11) is 0. The van der Waals surface area contributed by atoms with Crippen LogP contribution in [0, 0.1) is 6.92 Å². The highest BCUT2D eigenvalue weighted by molar-refractivity contribution is 7.17. The first-order valence-electron chi connectivity index (χ1n) is 6.76. The van der Waals surface area contributed by atoms with Crippen molar-refractivity contribution in [3.63, 3.8) is 0 Å². The molecule has 2 N–H and O–H groups in total. The molecule has 3 rings (SSSR count). The monoisotopic (exact) mass is 333 g/mol. The fourth-order valence-corrected chi connectivity index (χ4v) is 3.46. The van der Waals surface area contributed by atoms with Gasteiger partial charge in [0, 0.05) is 5.38 Å². The molecule has 0 aliphatic rings. The van der Waals surface area contributed by atoms with Crippen LogP contribution in [-0.2, 0) is 0 Å². The van der Waals surface area contributed by atoms with Gasteiger partial charge in [0.05, 0.1) is 17.2 Å². The van der Waals surface area contributed by atoms with Crippen molar-refractivity contribution in [2.45, 2.75) is 6.92 Å². The van der Waals surface area contributed by atoms with Crippen LogP contribution in [0.4, 0.5) is 5.13 Å². The minimum atomic E-state index is 0.0479. The van der Waals surface area contributed by atoms with Crippen LogP contribution in [0.1, 0.15) is 5.01 Å². The molecule has 0 aliphatic carbocycles. The Balaban J connectivity index is 1.53. The predicted octanol–water partition coefficient (Wildman–Crippen LogP) is 3.77. The Labute approximate surface area is 136 Å². The predicted molar refractivity (Wildman–Crippen MR) is 90.1 cm³/mol. The number of aromatic nitrogens is 2. The van der Waals surface area contributed by atoms with Crippen LogP contribution in [0.3, 0.4) is 0 Å². The van der Waals surface area contributed by atoms with Crippen molar-refractivity contribution < 1.29 is 9.84 Å². The molecule has 2 heterocycles. The fourth-order valence-electron chi connectivity index (χ4n) is 1.89. The number of aryl methyl sites for hydroxylation is 1. The quantitative estimate of drug-likeness (QED) is 0.672. The first-order chi connectivity index (χ1) is 10.7. The molecule has 0 amide bonds. The summed E-state index contributed by atoms with van der Waals surface area (Å²) in [6.45, 7) is 3.08. The van der Waals surface area contributed by atoms with Gasteiger partial charge in [0.2, 0.25) is 5.88 Å². The minimum absolute atomic E-state index is 0.0479. The van der Waals surface area contributed by atoms with Crippen LogP contribution in [0.5, 0.6) is 11.6 Å². The van der Waals surface area contributed by atoms with Gasteiger partial charge in [0.15, 0.2) is 5.13 Å². The van der Waals surface area contributed by atoms with Gasteiger partial charge >= 0.3 is 0 Å². The molecular weight excluding hydrogens is 318 g/mol. The molecule has 0 fully saturated rings. The molecule has 5 nitrogen and oxygen atoms in total. The molecule has 0 radical (unpaired) electrons. The molecular formula is C15H15N3O2S2. The zero-order valence-corrected chi connectivity index (χ0v) is 13.6. The van der Waals surface area contributed by atoms with Gasteiger partial charge in [0.1, 0.15) is 17.2 Å². The molecule has 0 bridgehead atoms. The van der Waals surface area contributed by atoms with Crippen molar-refractivity contribution in [2.75, 3.05) is 18.5 Å². The second-order valence-electron chi connectivity index (χ2n) is 4.51. The van der Waals surface area contributed by atoms with Crippen molar-refractivity contribution in [1.29, 1.82) is 0 Å². The highest BCUT2D eigenvalue weighted by Gasteiger charge is 2.13. The van der Waals surface area contributed by atoms with Crippen LogP contribution < -0.4 is 10.1 Å². The van der Waals surface area contributed by atoms with Crippen LogP contribution in [0.15, 0.2) is 35.7 Å². The van der Waals surface area contributed by atoms with Gasteiger partial charge in [-0.1, -0.05) is 18.2 Å². The third-order valence-corrected chi connectivity index (χ3v) is 4.63. The molecule has 1 aromatic carbocycles. The topological polar surface area (TPSA) is 67.3 Å². The van der Waals surface area contributed by atoms with E-state index in [2.05, 4.69) is 15.3 Å². The Morgan fingerprint density at radius 3 is 2.77 bits per heavy atom. The zero-order chi connectivity index (χ0) is 15.4. The molecule has 7 heteroatoms. The summed E-state index contributed by atoms with van der Waals surface area (Å²) in [5.74, 6) is 0.904. The third-order valence-electron chi connectivity index (χ3n) is 2.84. The number of anilines is 1. The maximum absolute atomic E-state index is 9.76. The molecule has 0 saturated carbocycles. The fraction of sp³-hybridized carbons (Fsp3) is 0.200. The van der Waals surface area contributed by atoms with E-state index in [1.165, 1.54) is 22.7 Å². The van der Waals surface area contributed by atoms with Crippen LogP contribution in [0.2, 0.25) is 0 Å². The molecule has 114 valence electrons. The Bertz CT molecular complexity index is 740. The number of aromatic hydroxyl groups is 1. The van der Waals surface area contributed by atoms with E-state index in [0.717, 1.165) is 21.6 Å². The average molecular weight is 333 g/mol. The van der Waals surface area contributed by atoms with Gasteiger partial charge in [-0.15, -0.1) is 22.7 Å². The normalized spacial score (nSPS) is 10.6. The summed E-state index contributed by atoms with van der Waals surface area (Å²) in [6, 6.07) is 9.70. The van der Waals surface area contributed by atoms with Crippen molar-refractivity contribution in [3.8, 4) is 22.2 Å². The summed E-state index contributed by atoms with van der Waals surface area (Å²) in [4.78, 5) is 9.18. The van der Waals surface area contributed by atoms with Crippen molar-refractivity contribution in [1.82, 2.24) is 9.97 Å². The number of nitrogens with zero attached hydrogens (tertiary/aromatic N) is 2. The van der Waals surface area contributed by atoms with E-state index in [-0.39, 0.29) is 5.88 Å². The van der Waals surface area contributed by atoms with Crippen molar-refractivity contribution in [3.05, 3.63) is 40.7 Å². The SMILES string of the molecule is Cc1nc(O)c(-c2csc(NCCOc3ccccc3)n2)s1. The Kier molecular flexibility index (Phi) is 4.55. The lowest BCUT2D eigenvalue weighted by Gasteiger charge is -2.06. The minimum Gasteiger partial charge on any atom is -0.492 e. The van der Waals surface area contributed by atoms with E-state index in [1.54, 1.807) is 0 Å². The standard InChI is InChI=1S/C15H15N3O2S2/c1-10-17-14(19)13(22-10)12-9-21-15(18-12)16-7-8-20-11-5-3-2-4-6-11/h2-6,9,19H,7-8H2,1H3,(H,16,18). The van der Waals surface area contributed by atoms with E-state index < -0.39 is 0 Å². The van der Waals surface area contributed by atoms with Gasteiger partial charge in [-0.2, -0.15) is 0 Å². The number of ether oxygens (including phenoxy) is 1. The second-order valence-corrected chi connectivity index (χ2v) is 6.57. The third kappa shape index (κ3) is 3.55. The Hall–Kier alpha value is -2.12. The lowest BCUT2D eigenvalue weighted by molar-refractivity contribution is 0.333. The zero-order valence-electron chi connectivity index (χ0n) is 11.9. The number of hydrogen-bond donors (Lipinski definition) is 2. The number of thiazole rings is 2. The van der Waals surface area contributed by atoms with Crippen molar-refractivity contribution in [2.24, 2.45) is 0 Å². The number of hydrogen-bond acceptors (Lipinski definition) is 7. The van der Waals surface area contributed by atoms with Crippen LogP contribution in [0.25, 0.3) is 10.6 Å². The molecule has 22 heavy (non-hydrogen) atoms. The molecule has 2 aromatic heterocycles. The molecule has 0 atom stereocenters. The van der Waals surface area contributed by atoms with Crippen LogP contribution >= 0.6 is 22.7 Å². The van der Waals surface area contributed by atoms with Gasteiger partial charge < -0.3 is 15.2 Å². The summed E-state index contributed by atoms with van der Waals surface area (Å²) in [5, 5.41) is 16.5. The summed E-state index contributed by atoms with van der Waals surface area (Å²) in [5.41, 5.74) is 0.750. The van der Waals surface area contributed by atoms with E-state index in [1.807, 2.05) is 42.6 Å². The lowest BCUT2D eigenvalue weighted by atomic mass is 10.3.